The standard InChI is InChI=1S/C12H14ClNO2/c13-10-3-1-4-11-9(10)6-8-14(11)7-2-5-12(15)16/h1,3-4H,2,5-8H2,(H,15,16). The van der Waals surface area contributed by atoms with Gasteiger partial charge in [0, 0.05) is 30.2 Å². The van der Waals surface area contributed by atoms with Crippen LogP contribution in [0.25, 0.3) is 0 Å². The Morgan fingerprint density at radius 1 is 1.50 bits per heavy atom. The number of carbonyl (C=O) groups is 1. The smallest absolute Gasteiger partial charge is 0.303 e. The highest BCUT2D eigenvalue weighted by atomic mass is 35.5. The van der Waals surface area contributed by atoms with E-state index in [1.54, 1.807) is 0 Å². The van der Waals surface area contributed by atoms with E-state index in [9.17, 15) is 4.79 Å². The summed E-state index contributed by atoms with van der Waals surface area (Å²) in [7, 11) is 0. The summed E-state index contributed by atoms with van der Waals surface area (Å²) in [5, 5.41) is 9.40. The van der Waals surface area contributed by atoms with Gasteiger partial charge in [0.25, 0.3) is 0 Å². The summed E-state index contributed by atoms with van der Waals surface area (Å²) in [6, 6.07) is 5.90. The maximum atomic E-state index is 10.4. The molecule has 3 nitrogen and oxygen atoms in total. The van der Waals surface area contributed by atoms with Gasteiger partial charge in [0.15, 0.2) is 0 Å². The second kappa shape index (κ2) is 4.74. The molecule has 0 fully saturated rings. The number of hydrogen-bond donors (Lipinski definition) is 1. The molecule has 2 rings (SSSR count). The first kappa shape index (κ1) is 11.3. The maximum absolute atomic E-state index is 10.4. The molecule has 0 amide bonds. The van der Waals surface area contributed by atoms with Crippen LogP contribution in [0, 0.1) is 0 Å². The molecule has 1 aliphatic rings. The SMILES string of the molecule is O=C(O)CCCN1CCc2c(Cl)cccc21. The molecule has 1 aromatic rings. The van der Waals surface area contributed by atoms with Crippen LogP contribution >= 0.6 is 11.6 Å². The number of rotatable bonds is 4. The third kappa shape index (κ3) is 2.30. The number of aliphatic carboxylic acids is 1. The van der Waals surface area contributed by atoms with Crippen molar-refractivity contribution in [3.8, 4) is 0 Å². The zero-order chi connectivity index (χ0) is 11.5. The molecule has 0 radical (unpaired) electrons. The number of hydrogen-bond acceptors (Lipinski definition) is 2. The van der Waals surface area contributed by atoms with Crippen LogP contribution in [0.3, 0.4) is 0 Å². The third-order valence-electron chi connectivity index (χ3n) is 2.89. The second-order valence-electron chi connectivity index (χ2n) is 3.97. The summed E-state index contributed by atoms with van der Waals surface area (Å²) in [5.74, 6) is -0.731. The molecule has 0 saturated carbocycles. The van der Waals surface area contributed by atoms with Crippen molar-refractivity contribution in [3.63, 3.8) is 0 Å². The van der Waals surface area contributed by atoms with E-state index < -0.39 is 5.97 Å². The van der Waals surface area contributed by atoms with Crippen molar-refractivity contribution in [3.05, 3.63) is 28.8 Å². The molecule has 0 spiro atoms. The maximum Gasteiger partial charge on any atom is 0.303 e. The fraction of sp³-hybridized carbons (Fsp3) is 0.417. The summed E-state index contributed by atoms with van der Waals surface area (Å²) in [5.41, 5.74) is 2.36. The number of halogens is 1. The van der Waals surface area contributed by atoms with E-state index in [0.29, 0.717) is 6.42 Å². The van der Waals surface area contributed by atoms with Gasteiger partial charge in [-0.25, -0.2) is 0 Å². The van der Waals surface area contributed by atoms with E-state index in [-0.39, 0.29) is 6.42 Å². The van der Waals surface area contributed by atoms with Crippen LogP contribution in [-0.4, -0.2) is 24.2 Å². The van der Waals surface area contributed by atoms with Gasteiger partial charge in [-0.15, -0.1) is 0 Å². The highest BCUT2D eigenvalue weighted by Crippen LogP contribution is 2.33. The number of carboxylic acid groups (broad SMARTS) is 1. The largest absolute Gasteiger partial charge is 0.481 e. The number of benzene rings is 1. The van der Waals surface area contributed by atoms with Gasteiger partial charge < -0.3 is 10.0 Å². The van der Waals surface area contributed by atoms with Gasteiger partial charge in [-0.2, -0.15) is 0 Å². The first-order valence-electron chi connectivity index (χ1n) is 5.42. The molecule has 86 valence electrons. The summed E-state index contributed by atoms with van der Waals surface area (Å²) in [4.78, 5) is 12.6. The van der Waals surface area contributed by atoms with Crippen LogP contribution in [0.4, 0.5) is 5.69 Å². The molecule has 0 unspecified atom stereocenters. The molecule has 16 heavy (non-hydrogen) atoms. The highest BCUT2D eigenvalue weighted by Gasteiger charge is 2.20. The van der Waals surface area contributed by atoms with E-state index in [1.165, 1.54) is 5.56 Å². The predicted octanol–water partition coefficient (Wildman–Crippen LogP) is 2.57. The van der Waals surface area contributed by atoms with Crippen LogP contribution in [0.15, 0.2) is 18.2 Å². The molecular formula is C12H14ClNO2. The lowest BCUT2D eigenvalue weighted by atomic mass is 10.2. The molecule has 1 heterocycles. The molecule has 0 aliphatic carbocycles. The minimum Gasteiger partial charge on any atom is -0.481 e. The molecule has 1 aromatic carbocycles. The number of carboxylic acids is 1. The van der Waals surface area contributed by atoms with Crippen molar-refractivity contribution < 1.29 is 9.90 Å². The molecule has 1 aliphatic heterocycles. The zero-order valence-corrected chi connectivity index (χ0v) is 9.70. The van der Waals surface area contributed by atoms with Gasteiger partial charge in [0.1, 0.15) is 0 Å². The van der Waals surface area contributed by atoms with Crippen LogP contribution in [0.2, 0.25) is 5.02 Å². The van der Waals surface area contributed by atoms with Crippen molar-refractivity contribution in [2.45, 2.75) is 19.3 Å². The predicted molar refractivity (Wildman–Crippen MR) is 64.2 cm³/mol. The average Bonchev–Trinajstić information content (AvgIpc) is 2.63. The first-order chi connectivity index (χ1) is 7.68. The molecule has 0 saturated heterocycles. The van der Waals surface area contributed by atoms with Gasteiger partial charge in [0.2, 0.25) is 0 Å². The minimum absolute atomic E-state index is 0.229. The van der Waals surface area contributed by atoms with Gasteiger partial charge in [-0.05, 0) is 30.5 Å². The Hall–Kier alpha value is -1.22. The summed E-state index contributed by atoms with van der Waals surface area (Å²) >= 11 is 6.10. The van der Waals surface area contributed by atoms with Crippen LogP contribution in [-0.2, 0) is 11.2 Å². The van der Waals surface area contributed by atoms with E-state index >= 15 is 0 Å². The van der Waals surface area contributed by atoms with Crippen molar-refractivity contribution in [2.75, 3.05) is 18.0 Å². The highest BCUT2D eigenvalue weighted by molar-refractivity contribution is 6.31. The lowest BCUT2D eigenvalue weighted by molar-refractivity contribution is -0.137. The molecule has 4 heteroatoms. The van der Waals surface area contributed by atoms with Crippen molar-refractivity contribution in [2.24, 2.45) is 0 Å². The fourth-order valence-corrected chi connectivity index (χ4v) is 2.38. The van der Waals surface area contributed by atoms with Gasteiger partial charge in [-0.1, -0.05) is 17.7 Å². The number of fused-ring (bicyclic) bond motifs is 1. The van der Waals surface area contributed by atoms with Crippen molar-refractivity contribution >= 4 is 23.3 Å². The van der Waals surface area contributed by atoms with Crippen molar-refractivity contribution in [1.29, 1.82) is 0 Å². The quantitative estimate of drug-likeness (QED) is 0.878. The Balaban J connectivity index is 2.01. The van der Waals surface area contributed by atoms with Crippen LogP contribution in [0.1, 0.15) is 18.4 Å². The van der Waals surface area contributed by atoms with E-state index in [2.05, 4.69) is 11.0 Å². The van der Waals surface area contributed by atoms with E-state index in [0.717, 1.165) is 30.2 Å². The fourth-order valence-electron chi connectivity index (χ4n) is 2.11. The van der Waals surface area contributed by atoms with Crippen molar-refractivity contribution in [1.82, 2.24) is 0 Å². The molecule has 1 N–H and O–H groups in total. The van der Waals surface area contributed by atoms with Crippen LogP contribution in [0.5, 0.6) is 0 Å². The van der Waals surface area contributed by atoms with E-state index in [1.807, 2.05) is 12.1 Å². The van der Waals surface area contributed by atoms with E-state index in [4.69, 9.17) is 16.7 Å². The summed E-state index contributed by atoms with van der Waals surface area (Å²) < 4.78 is 0. The lowest BCUT2D eigenvalue weighted by Gasteiger charge is -2.18. The van der Waals surface area contributed by atoms with Gasteiger partial charge in [-0.3, -0.25) is 4.79 Å². The lowest BCUT2D eigenvalue weighted by Crippen LogP contribution is -2.22. The Morgan fingerprint density at radius 3 is 3.06 bits per heavy atom. The Labute approximate surface area is 99.6 Å². The van der Waals surface area contributed by atoms with Gasteiger partial charge in [0.05, 0.1) is 0 Å². The number of anilines is 1. The molecule has 0 aromatic heterocycles. The third-order valence-corrected chi connectivity index (χ3v) is 3.24. The Bertz CT molecular complexity index is 406. The Kier molecular flexibility index (Phi) is 3.34. The van der Waals surface area contributed by atoms with Gasteiger partial charge >= 0.3 is 5.97 Å². The molecule has 0 bridgehead atoms. The number of nitrogens with zero attached hydrogens (tertiary/aromatic N) is 1. The summed E-state index contributed by atoms with van der Waals surface area (Å²) in [6.45, 7) is 1.73. The van der Waals surface area contributed by atoms with Crippen LogP contribution < -0.4 is 4.90 Å². The zero-order valence-electron chi connectivity index (χ0n) is 8.95. The average molecular weight is 240 g/mol. The first-order valence-corrected chi connectivity index (χ1v) is 5.80. The minimum atomic E-state index is -0.731. The monoisotopic (exact) mass is 239 g/mol. The Morgan fingerprint density at radius 2 is 2.31 bits per heavy atom. The second-order valence-corrected chi connectivity index (χ2v) is 4.38. The topological polar surface area (TPSA) is 40.5 Å². The normalized spacial score (nSPS) is 13.9. The molecular weight excluding hydrogens is 226 g/mol. The summed E-state index contributed by atoms with van der Waals surface area (Å²) in [6.07, 6.45) is 1.87. The molecule has 0 atom stereocenters.